The molecule has 0 saturated carbocycles. The van der Waals surface area contributed by atoms with E-state index in [1.807, 2.05) is 32.2 Å². The van der Waals surface area contributed by atoms with E-state index in [2.05, 4.69) is 49.5 Å². The van der Waals surface area contributed by atoms with Gasteiger partial charge in [0.25, 0.3) is 0 Å². The number of benzene rings is 1. The fourth-order valence-corrected chi connectivity index (χ4v) is 2.06. The summed E-state index contributed by atoms with van der Waals surface area (Å²) in [6.07, 6.45) is 0. The Labute approximate surface area is 133 Å². The first-order valence-electron chi connectivity index (χ1n) is 6.79. The second-order valence-corrected chi connectivity index (χ2v) is 5.39. The van der Waals surface area contributed by atoms with E-state index in [0.29, 0.717) is 19.0 Å². The van der Waals surface area contributed by atoms with Crippen LogP contribution in [0.1, 0.15) is 18.3 Å². The van der Waals surface area contributed by atoms with Crippen LogP contribution in [-0.4, -0.2) is 23.6 Å². The first-order valence-corrected chi connectivity index (χ1v) is 7.58. The average Bonchev–Trinajstić information content (AvgIpc) is 2.48. The van der Waals surface area contributed by atoms with Crippen molar-refractivity contribution < 1.29 is 4.74 Å². The maximum atomic E-state index is 5.37. The maximum absolute atomic E-state index is 5.37. The molecule has 0 unspecified atom stereocenters. The van der Waals surface area contributed by atoms with Gasteiger partial charge in [-0.1, -0.05) is 15.9 Å². The molecule has 2 aromatic rings. The minimum atomic E-state index is 0.403. The van der Waals surface area contributed by atoms with Crippen LogP contribution in [0.15, 0.2) is 28.7 Å². The minimum Gasteiger partial charge on any atom is -0.374 e. The van der Waals surface area contributed by atoms with Gasteiger partial charge in [0.1, 0.15) is 18.2 Å². The molecule has 0 aliphatic rings. The van der Waals surface area contributed by atoms with Crippen LogP contribution in [0.25, 0.3) is 0 Å². The highest BCUT2D eigenvalue weighted by molar-refractivity contribution is 9.10. The number of aromatic nitrogens is 2. The molecule has 0 saturated heterocycles. The van der Waals surface area contributed by atoms with Gasteiger partial charge in [0.05, 0.1) is 0 Å². The van der Waals surface area contributed by atoms with Gasteiger partial charge in [-0.05, 0) is 37.6 Å². The van der Waals surface area contributed by atoms with Crippen molar-refractivity contribution in [1.29, 1.82) is 0 Å². The molecular formula is C15H19BrN4O. The Morgan fingerprint density at radius 1 is 1.19 bits per heavy atom. The molecule has 6 heteroatoms. The fraction of sp³-hybridized carbons (Fsp3) is 0.333. The predicted molar refractivity (Wildman–Crippen MR) is 89.1 cm³/mol. The van der Waals surface area contributed by atoms with Crippen molar-refractivity contribution in [1.82, 2.24) is 9.97 Å². The number of hydrogen-bond acceptors (Lipinski definition) is 5. The predicted octanol–water partition coefficient (Wildman–Crippen LogP) is 3.87. The Hall–Kier alpha value is -1.66. The summed E-state index contributed by atoms with van der Waals surface area (Å²) in [5.41, 5.74) is 2.15. The molecule has 0 amide bonds. The molecule has 1 heterocycles. The van der Waals surface area contributed by atoms with Crippen molar-refractivity contribution in [3.8, 4) is 0 Å². The second-order valence-electron chi connectivity index (χ2n) is 4.53. The highest BCUT2D eigenvalue weighted by atomic mass is 79.9. The van der Waals surface area contributed by atoms with E-state index in [4.69, 9.17) is 4.74 Å². The summed E-state index contributed by atoms with van der Waals surface area (Å²) in [6, 6.07) is 7.94. The van der Waals surface area contributed by atoms with E-state index < -0.39 is 0 Å². The van der Waals surface area contributed by atoms with Crippen molar-refractivity contribution in [2.45, 2.75) is 20.5 Å². The van der Waals surface area contributed by atoms with Gasteiger partial charge in [-0.25, -0.2) is 9.97 Å². The molecule has 5 nitrogen and oxygen atoms in total. The van der Waals surface area contributed by atoms with Gasteiger partial charge in [-0.3, -0.25) is 0 Å². The quantitative estimate of drug-likeness (QED) is 0.827. The molecular weight excluding hydrogens is 332 g/mol. The van der Waals surface area contributed by atoms with Gasteiger partial charge in [-0.2, -0.15) is 0 Å². The lowest BCUT2D eigenvalue weighted by Gasteiger charge is -2.11. The van der Waals surface area contributed by atoms with E-state index in [0.717, 1.165) is 27.4 Å². The fourth-order valence-electron chi connectivity index (χ4n) is 1.82. The normalized spacial score (nSPS) is 10.5. The molecule has 0 spiro atoms. The minimum absolute atomic E-state index is 0.403. The van der Waals surface area contributed by atoms with Crippen LogP contribution in [0.5, 0.6) is 0 Å². The molecule has 0 aliphatic carbocycles. The number of aryl methyl sites for hydroxylation is 1. The van der Waals surface area contributed by atoms with Gasteiger partial charge in [0.2, 0.25) is 0 Å². The summed E-state index contributed by atoms with van der Waals surface area (Å²) >= 11 is 3.50. The zero-order chi connectivity index (χ0) is 15.2. The van der Waals surface area contributed by atoms with Crippen LogP contribution in [0, 0.1) is 6.92 Å². The topological polar surface area (TPSA) is 59.1 Å². The van der Waals surface area contributed by atoms with Crippen LogP contribution < -0.4 is 10.6 Å². The standard InChI is InChI=1S/C15H19BrN4O/c1-4-21-9-15-19-13(17-3)8-14(20-15)18-11-5-6-12(16)10(2)7-11/h5-8H,4,9H2,1-3H3,(H2,17,18,19,20). The lowest BCUT2D eigenvalue weighted by molar-refractivity contribution is 0.128. The molecule has 112 valence electrons. The Kier molecular flexibility index (Phi) is 5.52. The summed E-state index contributed by atoms with van der Waals surface area (Å²) in [6.45, 7) is 5.04. The van der Waals surface area contributed by atoms with E-state index in [-0.39, 0.29) is 0 Å². The molecule has 0 fully saturated rings. The summed E-state index contributed by atoms with van der Waals surface area (Å²) in [5.74, 6) is 2.15. The van der Waals surface area contributed by atoms with Crippen LogP contribution in [0.3, 0.4) is 0 Å². The molecule has 1 aromatic carbocycles. The Balaban J connectivity index is 2.23. The summed E-state index contributed by atoms with van der Waals surface area (Å²) in [5, 5.41) is 6.33. The summed E-state index contributed by atoms with van der Waals surface area (Å²) < 4.78 is 6.46. The van der Waals surface area contributed by atoms with Gasteiger partial charge >= 0.3 is 0 Å². The third-order valence-electron chi connectivity index (χ3n) is 2.89. The third kappa shape index (κ3) is 4.41. The Bertz CT molecular complexity index is 619. The zero-order valence-corrected chi connectivity index (χ0v) is 14.0. The third-order valence-corrected chi connectivity index (χ3v) is 3.78. The first-order chi connectivity index (χ1) is 10.1. The molecule has 2 N–H and O–H groups in total. The van der Waals surface area contributed by atoms with E-state index >= 15 is 0 Å². The number of anilines is 3. The van der Waals surface area contributed by atoms with Crippen LogP contribution in [0.4, 0.5) is 17.3 Å². The lowest BCUT2D eigenvalue weighted by atomic mass is 10.2. The second kappa shape index (κ2) is 7.38. The summed E-state index contributed by atoms with van der Waals surface area (Å²) in [4.78, 5) is 8.84. The zero-order valence-electron chi connectivity index (χ0n) is 12.4. The number of halogens is 1. The molecule has 2 rings (SSSR count). The molecule has 1 aromatic heterocycles. The molecule has 0 aliphatic heterocycles. The number of hydrogen-bond donors (Lipinski definition) is 2. The molecule has 0 radical (unpaired) electrons. The molecule has 0 bridgehead atoms. The van der Waals surface area contributed by atoms with Crippen molar-refractivity contribution in [2.75, 3.05) is 24.3 Å². The lowest BCUT2D eigenvalue weighted by Crippen LogP contribution is -2.05. The van der Waals surface area contributed by atoms with Gasteiger partial charge < -0.3 is 15.4 Å². The highest BCUT2D eigenvalue weighted by Gasteiger charge is 2.05. The highest BCUT2D eigenvalue weighted by Crippen LogP contribution is 2.23. The van der Waals surface area contributed by atoms with E-state index in [9.17, 15) is 0 Å². The van der Waals surface area contributed by atoms with Gasteiger partial charge in [0, 0.05) is 29.9 Å². The first kappa shape index (κ1) is 15.7. The van der Waals surface area contributed by atoms with Crippen LogP contribution >= 0.6 is 15.9 Å². The Morgan fingerprint density at radius 3 is 2.62 bits per heavy atom. The van der Waals surface area contributed by atoms with Gasteiger partial charge in [0.15, 0.2) is 5.82 Å². The van der Waals surface area contributed by atoms with Crippen LogP contribution in [-0.2, 0) is 11.3 Å². The van der Waals surface area contributed by atoms with E-state index in [1.54, 1.807) is 0 Å². The number of ether oxygens (including phenoxy) is 1. The molecule has 21 heavy (non-hydrogen) atoms. The van der Waals surface area contributed by atoms with Crippen molar-refractivity contribution in [3.63, 3.8) is 0 Å². The SMILES string of the molecule is CCOCc1nc(NC)cc(Nc2ccc(Br)c(C)c2)n1. The number of rotatable bonds is 6. The van der Waals surface area contributed by atoms with Crippen molar-refractivity contribution in [2.24, 2.45) is 0 Å². The molecule has 0 atom stereocenters. The van der Waals surface area contributed by atoms with Crippen LogP contribution in [0.2, 0.25) is 0 Å². The van der Waals surface area contributed by atoms with E-state index in [1.165, 1.54) is 0 Å². The van der Waals surface area contributed by atoms with Gasteiger partial charge in [-0.15, -0.1) is 0 Å². The average molecular weight is 351 g/mol. The maximum Gasteiger partial charge on any atom is 0.158 e. The van der Waals surface area contributed by atoms with Crippen molar-refractivity contribution >= 4 is 33.3 Å². The monoisotopic (exact) mass is 350 g/mol. The smallest absolute Gasteiger partial charge is 0.158 e. The largest absolute Gasteiger partial charge is 0.374 e. The number of nitrogens with zero attached hydrogens (tertiary/aromatic N) is 2. The Morgan fingerprint density at radius 2 is 1.95 bits per heavy atom. The van der Waals surface area contributed by atoms with Crippen molar-refractivity contribution in [3.05, 3.63) is 40.1 Å². The number of nitrogens with one attached hydrogen (secondary N) is 2. The summed E-state index contributed by atoms with van der Waals surface area (Å²) in [7, 11) is 1.83.